The van der Waals surface area contributed by atoms with Crippen LogP contribution in [0.1, 0.15) is 41.3 Å². The van der Waals surface area contributed by atoms with E-state index in [0.29, 0.717) is 28.5 Å². The first kappa shape index (κ1) is 20.1. The Morgan fingerprint density at radius 3 is 2.86 bits per heavy atom. The molecule has 0 atom stereocenters. The molecule has 1 aliphatic carbocycles. The number of fused-ring (bicyclic) bond motifs is 1. The van der Waals surface area contributed by atoms with E-state index in [2.05, 4.69) is 27.3 Å². The number of anilines is 1. The first-order chi connectivity index (χ1) is 13.6. The van der Waals surface area contributed by atoms with Crippen LogP contribution in [0.25, 0.3) is 6.08 Å². The normalized spacial score (nSPS) is 13.2. The number of carbonyl (C=O) groups excluding carboxylic acids is 1. The highest BCUT2D eigenvalue weighted by Gasteiger charge is 2.22. The summed E-state index contributed by atoms with van der Waals surface area (Å²) in [4.78, 5) is 13.9. The fourth-order valence-electron chi connectivity index (χ4n) is 3.17. The van der Waals surface area contributed by atoms with Gasteiger partial charge in [-0.3, -0.25) is 4.79 Å². The van der Waals surface area contributed by atoms with E-state index < -0.39 is 5.91 Å². The van der Waals surface area contributed by atoms with Crippen molar-refractivity contribution in [2.24, 2.45) is 0 Å². The molecule has 0 aliphatic heterocycles. The summed E-state index contributed by atoms with van der Waals surface area (Å²) in [5.74, 6) is 0.0653. The SMILES string of the molecule is CCOc1ccc(Br)cc1C=C(C#N)C(=O)Nc1sc2c(c1C#N)CCCC2. The first-order valence-electron chi connectivity index (χ1n) is 8.97. The minimum absolute atomic E-state index is 0.0469. The van der Waals surface area contributed by atoms with Crippen molar-refractivity contribution in [3.8, 4) is 17.9 Å². The maximum atomic E-state index is 12.7. The monoisotopic (exact) mass is 455 g/mol. The van der Waals surface area contributed by atoms with Crippen LogP contribution in [0.3, 0.4) is 0 Å². The van der Waals surface area contributed by atoms with Crippen molar-refractivity contribution in [2.45, 2.75) is 32.6 Å². The summed E-state index contributed by atoms with van der Waals surface area (Å²) in [5.41, 5.74) is 2.16. The number of ether oxygens (including phenoxy) is 1. The van der Waals surface area contributed by atoms with Crippen LogP contribution in [0, 0.1) is 22.7 Å². The largest absolute Gasteiger partial charge is 0.493 e. The quantitative estimate of drug-likeness (QED) is 0.495. The second-order valence-corrected chi connectivity index (χ2v) is 8.29. The molecule has 0 spiro atoms. The molecule has 1 aliphatic rings. The van der Waals surface area contributed by atoms with Gasteiger partial charge in [0.1, 0.15) is 28.5 Å². The molecule has 142 valence electrons. The van der Waals surface area contributed by atoms with Crippen molar-refractivity contribution in [1.82, 2.24) is 0 Å². The topological polar surface area (TPSA) is 85.9 Å². The lowest BCUT2D eigenvalue weighted by Crippen LogP contribution is -2.13. The third-order valence-electron chi connectivity index (χ3n) is 4.45. The zero-order valence-electron chi connectivity index (χ0n) is 15.3. The van der Waals surface area contributed by atoms with Gasteiger partial charge < -0.3 is 10.1 Å². The molecule has 5 nitrogen and oxygen atoms in total. The number of benzene rings is 1. The van der Waals surface area contributed by atoms with E-state index in [9.17, 15) is 15.3 Å². The van der Waals surface area contributed by atoms with Gasteiger partial charge in [0, 0.05) is 14.9 Å². The summed E-state index contributed by atoms with van der Waals surface area (Å²) in [6.45, 7) is 2.35. The Morgan fingerprint density at radius 1 is 1.36 bits per heavy atom. The molecule has 0 unspecified atom stereocenters. The number of aryl methyl sites for hydroxylation is 1. The highest BCUT2D eigenvalue weighted by Crippen LogP contribution is 2.37. The minimum atomic E-state index is -0.528. The van der Waals surface area contributed by atoms with Crippen molar-refractivity contribution in [2.75, 3.05) is 11.9 Å². The van der Waals surface area contributed by atoms with Gasteiger partial charge in [0.05, 0.1) is 12.2 Å². The molecule has 1 N–H and O–H groups in total. The van der Waals surface area contributed by atoms with Gasteiger partial charge >= 0.3 is 0 Å². The molecule has 0 saturated heterocycles. The molecule has 28 heavy (non-hydrogen) atoms. The van der Waals surface area contributed by atoms with Crippen LogP contribution in [-0.4, -0.2) is 12.5 Å². The fourth-order valence-corrected chi connectivity index (χ4v) is 4.78. The predicted molar refractivity (Wildman–Crippen MR) is 113 cm³/mol. The smallest absolute Gasteiger partial charge is 0.266 e. The number of thiophene rings is 1. The molecule has 3 rings (SSSR count). The van der Waals surface area contributed by atoms with Gasteiger partial charge in [0.25, 0.3) is 5.91 Å². The lowest BCUT2D eigenvalue weighted by molar-refractivity contribution is -0.112. The van der Waals surface area contributed by atoms with Crippen LogP contribution in [-0.2, 0) is 17.6 Å². The molecule has 0 fully saturated rings. The third kappa shape index (κ3) is 4.27. The highest BCUT2D eigenvalue weighted by molar-refractivity contribution is 9.10. The Labute approximate surface area is 176 Å². The summed E-state index contributed by atoms with van der Waals surface area (Å²) in [6.07, 6.45) is 5.45. The molecule has 1 aromatic carbocycles. The Hall–Kier alpha value is -2.61. The van der Waals surface area contributed by atoms with Crippen LogP contribution in [0.5, 0.6) is 5.75 Å². The molecular formula is C21H18BrN3O2S. The molecule has 1 heterocycles. The molecule has 0 radical (unpaired) electrons. The van der Waals surface area contributed by atoms with Crippen molar-refractivity contribution in [1.29, 1.82) is 10.5 Å². The van der Waals surface area contributed by atoms with E-state index in [1.54, 1.807) is 12.1 Å². The van der Waals surface area contributed by atoms with Gasteiger partial charge in [-0.05, 0) is 62.4 Å². The zero-order chi connectivity index (χ0) is 20.1. The minimum Gasteiger partial charge on any atom is -0.493 e. The lowest BCUT2D eigenvalue weighted by atomic mass is 9.96. The van der Waals surface area contributed by atoms with Crippen molar-refractivity contribution in [3.05, 3.63) is 49.8 Å². The second kappa shape index (κ2) is 9.05. The molecule has 0 bridgehead atoms. The number of hydrogen-bond acceptors (Lipinski definition) is 5. The highest BCUT2D eigenvalue weighted by atomic mass is 79.9. The van der Waals surface area contributed by atoms with Crippen LogP contribution in [0.2, 0.25) is 0 Å². The van der Waals surface area contributed by atoms with Crippen LogP contribution >= 0.6 is 27.3 Å². The Balaban J connectivity index is 1.91. The third-order valence-corrected chi connectivity index (χ3v) is 6.15. The average molecular weight is 456 g/mol. The summed E-state index contributed by atoms with van der Waals surface area (Å²) >= 11 is 4.84. The van der Waals surface area contributed by atoms with E-state index in [1.807, 2.05) is 19.1 Å². The number of nitrogens with one attached hydrogen (secondary N) is 1. The van der Waals surface area contributed by atoms with E-state index >= 15 is 0 Å². The summed E-state index contributed by atoms with van der Waals surface area (Å²) in [6, 6.07) is 9.59. The average Bonchev–Trinajstić information content (AvgIpc) is 3.04. The van der Waals surface area contributed by atoms with E-state index in [0.717, 1.165) is 40.6 Å². The van der Waals surface area contributed by atoms with E-state index in [-0.39, 0.29) is 5.57 Å². The van der Waals surface area contributed by atoms with Crippen LogP contribution < -0.4 is 10.1 Å². The lowest BCUT2D eigenvalue weighted by Gasteiger charge is -2.09. The number of amides is 1. The molecule has 0 saturated carbocycles. The van der Waals surface area contributed by atoms with Gasteiger partial charge in [-0.1, -0.05) is 15.9 Å². The Morgan fingerprint density at radius 2 is 2.14 bits per heavy atom. The molecule has 1 aromatic heterocycles. The summed E-state index contributed by atoms with van der Waals surface area (Å²) in [5, 5.41) is 22.4. The number of carbonyl (C=O) groups is 1. The molecule has 1 amide bonds. The first-order valence-corrected chi connectivity index (χ1v) is 10.6. The fraction of sp³-hybridized carbons (Fsp3) is 0.286. The molecule has 7 heteroatoms. The maximum Gasteiger partial charge on any atom is 0.266 e. The number of nitriles is 2. The van der Waals surface area contributed by atoms with Gasteiger partial charge in [0.15, 0.2) is 0 Å². The second-order valence-electron chi connectivity index (χ2n) is 6.27. The summed E-state index contributed by atoms with van der Waals surface area (Å²) < 4.78 is 6.40. The van der Waals surface area contributed by atoms with E-state index in [1.165, 1.54) is 17.4 Å². The molecule has 2 aromatic rings. The van der Waals surface area contributed by atoms with Gasteiger partial charge in [0.2, 0.25) is 0 Å². The van der Waals surface area contributed by atoms with Crippen molar-refractivity contribution in [3.63, 3.8) is 0 Å². The van der Waals surface area contributed by atoms with Gasteiger partial charge in [-0.25, -0.2) is 0 Å². The van der Waals surface area contributed by atoms with Gasteiger partial charge in [-0.2, -0.15) is 10.5 Å². The van der Waals surface area contributed by atoms with Crippen LogP contribution in [0.4, 0.5) is 5.00 Å². The number of nitrogens with zero attached hydrogens (tertiary/aromatic N) is 2. The Kier molecular flexibility index (Phi) is 6.51. The summed E-state index contributed by atoms with van der Waals surface area (Å²) in [7, 11) is 0. The van der Waals surface area contributed by atoms with Crippen molar-refractivity contribution >= 4 is 44.3 Å². The van der Waals surface area contributed by atoms with Crippen molar-refractivity contribution < 1.29 is 9.53 Å². The Bertz CT molecular complexity index is 1030. The standard InChI is InChI=1S/C21H18BrN3O2S/c1-2-27-18-8-7-15(22)10-13(18)9-14(11-23)20(26)25-21-17(12-24)16-5-3-4-6-19(16)28-21/h7-10H,2-6H2,1H3,(H,25,26). The predicted octanol–water partition coefficient (Wildman–Crippen LogP) is 5.21. The van der Waals surface area contributed by atoms with Crippen LogP contribution in [0.15, 0.2) is 28.2 Å². The number of hydrogen-bond donors (Lipinski definition) is 1. The number of rotatable bonds is 5. The van der Waals surface area contributed by atoms with Gasteiger partial charge in [-0.15, -0.1) is 11.3 Å². The molecular weight excluding hydrogens is 438 g/mol. The maximum absolute atomic E-state index is 12.7. The number of halogens is 1. The zero-order valence-corrected chi connectivity index (χ0v) is 17.7. The van der Waals surface area contributed by atoms with E-state index in [4.69, 9.17) is 4.74 Å².